The van der Waals surface area contributed by atoms with E-state index in [1.807, 2.05) is 4.90 Å². The summed E-state index contributed by atoms with van der Waals surface area (Å²) >= 11 is 1.51. The molecule has 29 heavy (non-hydrogen) atoms. The summed E-state index contributed by atoms with van der Waals surface area (Å²) < 4.78 is 14.3. The first-order valence-corrected chi connectivity index (χ1v) is 11.1. The van der Waals surface area contributed by atoms with Crippen LogP contribution in [0.3, 0.4) is 0 Å². The molecule has 2 fully saturated rings. The number of rotatable bonds is 4. The van der Waals surface area contributed by atoms with Gasteiger partial charge >= 0.3 is 0 Å². The molecule has 1 aliphatic carbocycles. The molecule has 1 aliphatic heterocycles. The van der Waals surface area contributed by atoms with E-state index < -0.39 is 0 Å². The highest BCUT2D eigenvalue weighted by molar-refractivity contribution is 7.22. The molecule has 0 N–H and O–H groups in total. The second kappa shape index (κ2) is 7.41. The second-order valence-corrected chi connectivity index (χ2v) is 9.19. The molecule has 4 nitrogen and oxygen atoms in total. The van der Waals surface area contributed by atoms with Crippen molar-refractivity contribution in [2.24, 2.45) is 0 Å². The normalized spacial score (nSPS) is 19.7. The molecule has 5 rings (SSSR count). The van der Waals surface area contributed by atoms with E-state index >= 15 is 0 Å². The van der Waals surface area contributed by atoms with Crippen molar-refractivity contribution in [2.75, 3.05) is 24.5 Å². The van der Waals surface area contributed by atoms with Gasteiger partial charge in [-0.05, 0) is 55.0 Å². The van der Waals surface area contributed by atoms with E-state index in [4.69, 9.17) is 0 Å². The SMILES string of the molecule is CC1CN(c2nc3ccc(F)cc3s2)CCN1C(=O)Cc1ccc(C2CC2)cc1. The molecule has 1 unspecified atom stereocenters. The zero-order chi connectivity index (χ0) is 20.0. The first-order valence-electron chi connectivity index (χ1n) is 10.3. The van der Waals surface area contributed by atoms with Crippen LogP contribution >= 0.6 is 11.3 Å². The average Bonchev–Trinajstić information content (AvgIpc) is 3.47. The summed E-state index contributed by atoms with van der Waals surface area (Å²) in [5.41, 5.74) is 3.31. The van der Waals surface area contributed by atoms with Gasteiger partial charge in [-0.3, -0.25) is 4.79 Å². The van der Waals surface area contributed by atoms with Crippen molar-refractivity contribution in [3.05, 3.63) is 59.4 Å². The highest BCUT2D eigenvalue weighted by atomic mass is 32.1. The predicted molar refractivity (Wildman–Crippen MR) is 115 cm³/mol. The Kier molecular flexibility index (Phi) is 4.74. The molecule has 0 spiro atoms. The maximum Gasteiger partial charge on any atom is 0.227 e. The van der Waals surface area contributed by atoms with Crippen LogP contribution in [-0.2, 0) is 11.2 Å². The number of carbonyl (C=O) groups is 1. The molecule has 1 amide bonds. The number of fused-ring (bicyclic) bond motifs is 1. The summed E-state index contributed by atoms with van der Waals surface area (Å²) in [7, 11) is 0. The lowest BCUT2D eigenvalue weighted by molar-refractivity contribution is -0.132. The Bertz CT molecular complexity index is 1040. The van der Waals surface area contributed by atoms with Crippen LogP contribution in [0.15, 0.2) is 42.5 Å². The highest BCUT2D eigenvalue weighted by Gasteiger charge is 2.29. The Hall–Kier alpha value is -2.47. The van der Waals surface area contributed by atoms with E-state index in [0.717, 1.165) is 39.9 Å². The Morgan fingerprint density at radius 3 is 2.69 bits per heavy atom. The van der Waals surface area contributed by atoms with Crippen LogP contribution in [0.2, 0.25) is 0 Å². The fourth-order valence-electron chi connectivity index (χ4n) is 4.12. The quantitative estimate of drug-likeness (QED) is 0.632. The summed E-state index contributed by atoms with van der Waals surface area (Å²) in [5.74, 6) is 0.691. The van der Waals surface area contributed by atoms with Crippen LogP contribution in [0, 0.1) is 5.82 Å². The molecule has 150 valence electrons. The van der Waals surface area contributed by atoms with Crippen molar-refractivity contribution in [2.45, 2.75) is 38.1 Å². The van der Waals surface area contributed by atoms with E-state index in [1.54, 1.807) is 6.07 Å². The predicted octanol–water partition coefficient (Wildman–Crippen LogP) is 4.59. The molecule has 1 aromatic heterocycles. The van der Waals surface area contributed by atoms with Gasteiger partial charge in [0.2, 0.25) is 5.91 Å². The van der Waals surface area contributed by atoms with Crippen molar-refractivity contribution in [1.29, 1.82) is 0 Å². The van der Waals surface area contributed by atoms with Gasteiger partial charge in [-0.15, -0.1) is 0 Å². The number of piperazine rings is 1. The monoisotopic (exact) mass is 409 g/mol. The first kappa shape index (κ1) is 18.6. The fraction of sp³-hybridized carbons (Fsp3) is 0.391. The molecule has 1 saturated heterocycles. The van der Waals surface area contributed by atoms with E-state index in [-0.39, 0.29) is 17.8 Å². The number of anilines is 1. The van der Waals surface area contributed by atoms with Gasteiger partial charge in [0.15, 0.2) is 5.13 Å². The number of hydrogen-bond donors (Lipinski definition) is 0. The van der Waals surface area contributed by atoms with Crippen molar-refractivity contribution in [3.63, 3.8) is 0 Å². The number of carbonyl (C=O) groups excluding carboxylic acids is 1. The Morgan fingerprint density at radius 2 is 1.97 bits per heavy atom. The van der Waals surface area contributed by atoms with Gasteiger partial charge in [0, 0.05) is 25.7 Å². The molecular formula is C23H24FN3OS. The van der Waals surface area contributed by atoms with Gasteiger partial charge in [-0.25, -0.2) is 9.37 Å². The Morgan fingerprint density at radius 1 is 1.17 bits per heavy atom. The lowest BCUT2D eigenvalue weighted by Crippen LogP contribution is -2.54. The third-order valence-electron chi connectivity index (χ3n) is 5.94. The number of amides is 1. The minimum Gasteiger partial charge on any atom is -0.344 e. The number of hydrogen-bond acceptors (Lipinski definition) is 4. The molecule has 0 radical (unpaired) electrons. The topological polar surface area (TPSA) is 36.4 Å². The van der Waals surface area contributed by atoms with E-state index in [9.17, 15) is 9.18 Å². The van der Waals surface area contributed by atoms with Crippen LogP contribution in [0.4, 0.5) is 9.52 Å². The van der Waals surface area contributed by atoms with E-state index in [1.165, 1.54) is 41.9 Å². The van der Waals surface area contributed by atoms with Crippen molar-refractivity contribution < 1.29 is 9.18 Å². The van der Waals surface area contributed by atoms with Gasteiger partial charge in [-0.2, -0.15) is 0 Å². The number of aromatic nitrogens is 1. The number of halogens is 1. The summed E-state index contributed by atoms with van der Waals surface area (Å²) in [6.45, 7) is 4.27. The zero-order valence-electron chi connectivity index (χ0n) is 16.5. The fourth-order valence-corrected chi connectivity index (χ4v) is 5.15. The molecule has 2 aromatic carbocycles. The van der Waals surface area contributed by atoms with Gasteiger partial charge in [0.1, 0.15) is 5.82 Å². The highest BCUT2D eigenvalue weighted by Crippen LogP contribution is 2.40. The van der Waals surface area contributed by atoms with Crippen molar-refractivity contribution >= 4 is 32.6 Å². The standard InChI is InChI=1S/C23H24FN3OS/c1-15-14-26(23-25-20-9-8-19(24)13-21(20)29-23)10-11-27(15)22(28)12-16-2-4-17(5-3-16)18-6-7-18/h2-5,8-9,13,15,18H,6-7,10-12,14H2,1H3. The molecule has 0 bridgehead atoms. The van der Waals surface area contributed by atoms with Crippen molar-refractivity contribution in [3.8, 4) is 0 Å². The molecule has 2 heterocycles. The Labute approximate surface area is 174 Å². The van der Waals surface area contributed by atoms with Crippen LogP contribution in [-0.4, -0.2) is 41.5 Å². The van der Waals surface area contributed by atoms with Crippen LogP contribution < -0.4 is 4.90 Å². The van der Waals surface area contributed by atoms with Gasteiger partial charge in [0.05, 0.1) is 16.6 Å². The molecule has 6 heteroatoms. The number of benzene rings is 2. The second-order valence-electron chi connectivity index (χ2n) is 8.18. The molecule has 1 atom stereocenters. The first-order chi connectivity index (χ1) is 14.1. The maximum atomic E-state index is 13.5. The van der Waals surface area contributed by atoms with E-state index in [2.05, 4.69) is 41.1 Å². The zero-order valence-corrected chi connectivity index (χ0v) is 17.3. The lowest BCUT2D eigenvalue weighted by Gasteiger charge is -2.40. The maximum absolute atomic E-state index is 13.5. The van der Waals surface area contributed by atoms with E-state index in [0.29, 0.717) is 13.0 Å². The van der Waals surface area contributed by atoms with Gasteiger partial charge in [-0.1, -0.05) is 35.6 Å². The summed E-state index contributed by atoms with van der Waals surface area (Å²) in [6.07, 6.45) is 3.04. The van der Waals surface area contributed by atoms with Crippen LogP contribution in [0.25, 0.3) is 10.2 Å². The minimum atomic E-state index is -0.235. The molecule has 2 aliphatic rings. The summed E-state index contributed by atoms with van der Waals surface area (Å²) in [4.78, 5) is 21.7. The van der Waals surface area contributed by atoms with Crippen LogP contribution in [0.1, 0.15) is 36.8 Å². The smallest absolute Gasteiger partial charge is 0.227 e. The summed E-state index contributed by atoms with van der Waals surface area (Å²) in [6, 6.07) is 13.4. The number of nitrogens with zero attached hydrogens (tertiary/aromatic N) is 3. The lowest BCUT2D eigenvalue weighted by atomic mass is 10.0. The van der Waals surface area contributed by atoms with Crippen LogP contribution in [0.5, 0.6) is 0 Å². The third kappa shape index (κ3) is 3.86. The average molecular weight is 410 g/mol. The van der Waals surface area contributed by atoms with Crippen molar-refractivity contribution in [1.82, 2.24) is 9.88 Å². The minimum absolute atomic E-state index is 0.116. The van der Waals surface area contributed by atoms with Gasteiger partial charge < -0.3 is 9.80 Å². The summed E-state index contributed by atoms with van der Waals surface area (Å²) in [5, 5.41) is 0.903. The third-order valence-corrected chi connectivity index (χ3v) is 7.02. The number of thiazole rings is 1. The molecular weight excluding hydrogens is 385 g/mol. The molecule has 1 saturated carbocycles. The Balaban J connectivity index is 1.23. The van der Waals surface area contributed by atoms with Gasteiger partial charge in [0.25, 0.3) is 0 Å². The largest absolute Gasteiger partial charge is 0.344 e. The molecule has 3 aromatic rings.